The largest absolute Gasteiger partial charge is 0.493 e. The van der Waals surface area contributed by atoms with Gasteiger partial charge >= 0.3 is 0 Å². The van der Waals surface area contributed by atoms with E-state index < -0.39 is 0 Å². The molecule has 0 bridgehead atoms. The van der Waals surface area contributed by atoms with Gasteiger partial charge in [-0.15, -0.1) is 0 Å². The molecule has 138 valence electrons. The summed E-state index contributed by atoms with van der Waals surface area (Å²) in [5, 5.41) is 7.75. The summed E-state index contributed by atoms with van der Waals surface area (Å²) in [4.78, 5) is 13.0. The summed E-state index contributed by atoms with van der Waals surface area (Å²) in [6.07, 6.45) is 0. The van der Waals surface area contributed by atoms with E-state index >= 15 is 0 Å². The molecule has 1 N–H and O–H groups in total. The third kappa shape index (κ3) is 3.14. The fraction of sp³-hybridized carbons (Fsp3) is 0.200. The normalized spacial score (nSPS) is 12.5. The van der Waals surface area contributed by atoms with Crippen molar-refractivity contribution in [2.45, 2.75) is 11.5 Å². The summed E-state index contributed by atoms with van der Waals surface area (Å²) in [7, 11) is 3.07. The predicted octanol–water partition coefficient (Wildman–Crippen LogP) is 3.89. The van der Waals surface area contributed by atoms with Crippen molar-refractivity contribution >= 4 is 23.5 Å². The molecule has 27 heavy (non-hydrogen) atoms. The van der Waals surface area contributed by atoms with Crippen molar-refractivity contribution in [2.75, 3.05) is 19.5 Å². The highest BCUT2D eigenvalue weighted by molar-refractivity contribution is 7.98. The Balaban J connectivity index is 1.74. The molecule has 4 rings (SSSR count). The van der Waals surface area contributed by atoms with Crippen LogP contribution in [0.4, 0.5) is 5.82 Å². The molecule has 2 heterocycles. The second-order valence-electron chi connectivity index (χ2n) is 6.01. The van der Waals surface area contributed by atoms with E-state index in [-0.39, 0.29) is 5.91 Å². The Kier molecular flexibility index (Phi) is 4.77. The number of ether oxygens (including phenoxy) is 2. The Morgan fingerprint density at radius 1 is 1.07 bits per heavy atom. The molecule has 0 unspecified atom stereocenters. The number of benzene rings is 2. The van der Waals surface area contributed by atoms with Gasteiger partial charge in [0.1, 0.15) is 5.82 Å². The summed E-state index contributed by atoms with van der Waals surface area (Å²) in [5.74, 6) is 3.04. The van der Waals surface area contributed by atoms with Crippen molar-refractivity contribution in [1.82, 2.24) is 9.78 Å². The maximum atomic E-state index is 13.0. The van der Waals surface area contributed by atoms with Crippen molar-refractivity contribution in [3.8, 4) is 17.2 Å². The van der Waals surface area contributed by atoms with Crippen LogP contribution in [0.3, 0.4) is 0 Å². The first-order valence-corrected chi connectivity index (χ1v) is 9.64. The standard InChI is InChI=1S/C20H19N3O3S/c1-25-17-10-6-9-14(18(17)26-2)20(24)21-19-15-11-27-12-16(15)22-23(19)13-7-4-3-5-8-13/h3-10H,11-12H2,1-2H3,(H,21,24). The minimum Gasteiger partial charge on any atom is -0.493 e. The third-order valence-corrected chi connectivity index (χ3v) is 5.40. The van der Waals surface area contributed by atoms with Crippen LogP contribution in [0.1, 0.15) is 21.6 Å². The number of carbonyl (C=O) groups is 1. The Morgan fingerprint density at radius 3 is 2.63 bits per heavy atom. The van der Waals surface area contributed by atoms with E-state index in [2.05, 4.69) is 5.32 Å². The zero-order valence-corrected chi connectivity index (χ0v) is 15.9. The molecular weight excluding hydrogens is 362 g/mol. The van der Waals surface area contributed by atoms with Crippen molar-refractivity contribution in [2.24, 2.45) is 0 Å². The van der Waals surface area contributed by atoms with Crippen LogP contribution in [0.2, 0.25) is 0 Å². The molecule has 0 saturated carbocycles. The second kappa shape index (κ2) is 7.36. The Morgan fingerprint density at radius 2 is 1.89 bits per heavy atom. The number of methoxy groups -OCH3 is 2. The Hall–Kier alpha value is -2.93. The fourth-order valence-electron chi connectivity index (χ4n) is 3.14. The lowest BCUT2D eigenvalue weighted by atomic mass is 10.1. The van der Waals surface area contributed by atoms with Gasteiger partial charge in [0, 0.05) is 17.1 Å². The van der Waals surface area contributed by atoms with Gasteiger partial charge in [0.05, 0.1) is 31.2 Å². The maximum absolute atomic E-state index is 13.0. The number of fused-ring (bicyclic) bond motifs is 1. The average Bonchev–Trinajstić information content (AvgIpc) is 3.30. The van der Waals surface area contributed by atoms with Gasteiger partial charge < -0.3 is 14.8 Å². The molecule has 1 amide bonds. The van der Waals surface area contributed by atoms with Crippen LogP contribution in [-0.2, 0) is 11.5 Å². The van der Waals surface area contributed by atoms with Crippen LogP contribution in [0.25, 0.3) is 5.69 Å². The topological polar surface area (TPSA) is 65.4 Å². The van der Waals surface area contributed by atoms with E-state index in [0.29, 0.717) is 22.9 Å². The Bertz CT molecular complexity index is 986. The minimum absolute atomic E-state index is 0.262. The molecule has 7 heteroatoms. The number of thioether (sulfide) groups is 1. The molecule has 1 aliphatic rings. The quantitative estimate of drug-likeness (QED) is 0.726. The zero-order chi connectivity index (χ0) is 18.8. The van der Waals surface area contributed by atoms with E-state index in [0.717, 1.165) is 28.5 Å². The highest BCUT2D eigenvalue weighted by Gasteiger charge is 2.26. The molecule has 0 fully saturated rings. The second-order valence-corrected chi connectivity index (χ2v) is 6.99. The van der Waals surface area contributed by atoms with Crippen molar-refractivity contribution in [1.29, 1.82) is 0 Å². The fourth-order valence-corrected chi connectivity index (χ4v) is 4.17. The lowest BCUT2D eigenvalue weighted by molar-refractivity contribution is 0.102. The number of para-hydroxylation sites is 2. The molecule has 6 nitrogen and oxygen atoms in total. The van der Waals surface area contributed by atoms with Crippen molar-refractivity contribution in [3.05, 3.63) is 65.4 Å². The average molecular weight is 381 g/mol. The summed E-state index contributed by atoms with van der Waals surface area (Å²) < 4.78 is 12.5. The highest BCUT2D eigenvalue weighted by atomic mass is 32.2. The summed E-state index contributed by atoms with van der Waals surface area (Å²) in [6, 6.07) is 15.0. The van der Waals surface area contributed by atoms with Gasteiger partial charge in [0.2, 0.25) is 0 Å². The number of amides is 1. The Labute approximate surface area is 161 Å². The molecule has 0 spiro atoms. The van der Waals surface area contributed by atoms with E-state index in [9.17, 15) is 4.79 Å². The zero-order valence-electron chi connectivity index (χ0n) is 15.1. The molecule has 1 aliphatic heterocycles. The summed E-state index contributed by atoms with van der Waals surface area (Å²) in [5.41, 5.74) is 3.40. The smallest absolute Gasteiger partial charge is 0.260 e. The first kappa shape index (κ1) is 17.5. The van der Waals surface area contributed by atoms with Gasteiger partial charge in [-0.3, -0.25) is 4.79 Å². The number of carbonyl (C=O) groups excluding carboxylic acids is 1. The van der Waals surface area contributed by atoms with Gasteiger partial charge in [0.15, 0.2) is 11.5 Å². The number of nitrogens with one attached hydrogen (secondary N) is 1. The maximum Gasteiger partial charge on any atom is 0.260 e. The molecule has 0 radical (unpaired) electrons. The molecule has 0 aliphatic carbocycles. The molecule has 0 atom stereocenters. The van der Waals surface area contributed by atoms with Gasteiger partial charge in [-0.05, 0) is 24.3 Å². The van der Waals surface area contributed by atoms with Crippen LogP contribution >= 0.6 is 11.8 Å². The third-order valence-electron chi connectivity index (χ3n) is 4.43. The minimum atomic E-state index is -0.262. The highest BCUT2D eigenvalue weighted by Crippen LogP contribution is 2.37. The lowest BCUT2D eigenvalue weighted by Gasteiger charge is -2.14. The van der Waals surface area contributed by atoms with Crippen LogP contribution in [-0.4, -0.2) is 29.9 Å². The first-order valence-electron chi connectivity index (χ1n) is 8.49. The van der Waals surface area contributed by atoms with Gasteiger partial charge in [-0.2, -0.15) is 16.9 Å². The summed E-state index contributed by atoms with van der Waals surface area (Å²) >= 11 is 1.79. The SMILES string of the molecule is COc1cccc(C(=O)Nc2c3c(nn2-c2ccccc2)CSC3)c1OC. The number of nitrogens with zero attached hydrogens (tertiary/aromatic N) is 2. The number of hydrogen-bond donors (Lipinski definition) is 1. The monoisotopic (exact) mass is 381 g/mol. The van der Waals surface area contributed by atoms with Crippen LogP contribution < -0.4 is 14.8 Å². The number of anilines is 1. The van der Waals surface area contributed by atoms with Crippen molar-refractivity contribution in [3.63, 3.8) is 0 Å². The first-order chi connectivity index (χ1) is 13.2. The van der Waals surface area contributed by atoms with E-state index in [1.165, 1.54) is 7.11 Å². The predicted molar refractivity (Wildman–Crippen MR) is 106 cm³/mol. The molecule has 3 aromatic rings. The molecule has 2 aromatic carbocycles. The molecule has 1 aromatic heterocycles. The number of hydrogen-bond acceptors (Lipinski definition) is 5. The van der Waals surface area contributed by atoms with E-state index in [4.69, 9.17) is 14.6 Å². The van der Waals surface area contributed by atoms with Crippen molar-refractivity contribution < 1.29 is 14.3 Å². The number of aromatic nitrogens is 2. The molecular formula is C20H19N3O3S. The van der Waals surface area contributed by atoms with E-state index in [1.807, 2.05) is 30.3 Å². The van der Waals surface area contributed by atoms with Crippen LogP contribution in [0.15, 0.2) is 48.5 Å². The van der Waals surface area contributed by atoms with Gasteiger partial charge in [0.25, 0.3) is 5.91 Å². The van der Waals surface area contributed by atoms with Crippen LogP contribution in [0.5, 0.6) is 11.5 Å². The summed E-state index contributed by atoms with van der Waals surface area (Å²) in [6.45, 7) is 0. The van der Waals surface area contributed by atoms with Gasteiger partial charge in [-0.25, -0.2) is 4.68 Å². The van der Waals surface area contributed by atoms with Gasteiger partial charge in [-0.1, -0.05) is 24.3 Å². The van der Waals surface area contributed by atoms with E-state index in [1.54, 1.807) is 41.8 Å². The van der Waals surface area contributed by atoms with Crippen LogP contribution in [0, 0.1) is 0 Å². The lowest BCUT2D eigenvalue weighted by Crippen LogP contribution is -2.17. The molecule has 0 saturated heterocycles. The number of rotatable bonds is 5.